The molecule has 0 saturated carbocycles. The average molecular weight is 276 g/mol. The largest absolute Gasteiger partial charge is 0.385 e. The van der Waals surface area contributed by atoms with Crippen LogP contribution in [-0.4, -0.2) is 54.2 Å². The highest BCUT2D eigenvalue weighted by Gasteiger charge is 2.20. The van der Waals surface area contributed by atoms with E-state index in [1.54, 1.807) is 13.0 Å². The van der Waals surface area contributed by atoms with Crippen LogP contribution in [0, 0.1) is 6.92 Å². The Balaban J connectivity index is 2.76. The maximum atomic E-state index is 10.2. The van der Waals surface area contributed by atoms with Gasteiger partial charge in [0.1, 0.15) is 0 Å². The number of hydrogen-bond acceptors (Lipinski definition) is 3. The zero-order chi connectivity index (χ0) is 15.2. The lowest BCUT2D eigenvalue weighted by molar-refractivity contribution is 0.0561. The van der Waals surface area contributed by atoms with E-state index < -0.39 is 5.60 Å². The molecular formula is C17H28N2O. The third-order valence-electron chi connectivity index (χ3n) is 3.50. The highest BCUT2D eigenvalue weighted by Crippen LogP contribution is 2.14. The van der Waals surface area contributed by atoms with Crippen molar-refractivity contribution in [1.82, 2.24) is 9.80 Å². The van der Waals surface area contributed by atoms with Crippen LogP contribution >= 0.6 is 0 Å². The fourth-order valence-corrected chi connectivity index (χ4v) is 2.10. The lowest BCUT2D eigenvalue weighted by Crippen LogP contribution is -2.41. The molecule has 0 aliphatic carbocycles. The van der Waals surface area contributed by atoms with Crippen molar-refractivity contribution in [3.63, 3.8) is 0 Å². The molecule has 1 aromatic carbocycles. The summed E-state index contributed by atoms with van der Waals surface area (Å²) in [5.74, 6) is 0. The predicted molar refractivity (Wildman–Crippen MR) is 85.8 cm³/mol. The SMILES string of the molecule is C=C[C@@](C)(O)CN(CCN(C)C)Cc1ccccc1C. The van der Waals surface area contributed by atoms with Crippen LogP contribution < -0.4 is 0 Å². The summed E-state index contributed by atoms with van der Waals surface area (Å²) in [5.41, 5.74) is 1.75. The Hall–Kier alpha value is -1.16. The normalized spacial score (nSPS) is 14.6. The summed E-state index contributed by atoms with van der Waals surface area (Å²) in [6.07, 6.45) is 1.62. The molecule has 0 fully saturated rings. The van der Waals surface area contributed by atoms with Crippen molar-refractivity contribution in [2.45, 2.75) is 26.0 Å². The van der Waals surface area contributed by atoms with Crippen molar-refractivity contribution in [2.75, 3.05) is 33.7 Å². The summed E-state index contributed by atoms with van der Waals surface area (Å²) in [4.78, 5) is 4.44. The number of benzene rings is 1. The lowest BCUT2D eigenvalue weighted by atomic mass is 10.0. The highest BCUT2D eigenvalue weighted by molar-refractivity contribution is 5.25. The monoisotopic (exact) mass is 276 g/mol. The van der Waals surface area contributed by atoms with Crippen molar-refractivity contribution in [2.24, 2.45) is 0 Å². The van der Waals surface area contributed by atoms with E-state index in [1.165, 1.54) is 11.1 Å². The molecule has 20 heavy (non-hydrogen) atoms. The maximum absolute atomic E-state index is 10.2. The van der Waals surface area contributed by atoms with E-state index in [4.69, 9.17) is 0 Å². The van der Waals surface area contributed by atoms with Crippen molar-refractivity contribution in [3.8, 4) is 0 Å². The molecule has 0 aliphatic heterocycles. The smallest absolute Gasteiger partial charge is 0.0923 e. The van der Waals surface area contributed by atoms with Gasteiger partial charge in [0.15, 0.2) is 0 Å². The number of hydrogen-bond donors (Lipinski definition) is 1. The van der Waals surface area contributed by atoms with E-state index >= 15 is 0 Å². The third kappa shape index (κ3) is 5.87. The fraction of sp³-hybridized carbons (Fsp3) is 0.529. The quantitative estimate of drug-likeness (QED) is 0.738. The first-order valence-electron chi connectivity index (χ1n) is 7.11. The first kappa shape index (κ1) is 16.9. The Labute approximate surface area is 123 Å². The van der Waals surface area contributed by atoms with E-state index in [0.717, 1.165) is 19.6 Å². The number of aryl methyl sites for hydroxylation is 1. The first-order chi connectivity index (χ1) is 9.34. The van der Waals surface area contributed by atoms with E-state index in [1.807, 2.05) is 0 Å². The Morgan fingerprint density at radius 1 is 1.25 bits per heavy atom. The number of aliphatic hydroxyl groups is 1. The molecule has 0 spiro atoms. The molecule has 0 aliphatic rings. The van der Waals surface area contributed by atoms with Crippen molar-refractivity contribution in [3.05, 3.63) is 48.0 Å². The van der Waals surface area contributed by atoms with Gasteiger partial charge in [0.05, 0.1) is 5.60 Å². The minimum atomic E-state index is -0.852. The van der Waals surface area contributed by atoms with Crippen LogP contribution in [0.5, 0.6) is 0 Å². The van der Waals surface area contributed by atoms with Crippen LogP contribution in [0.2, 0.25) is 0 Å². The molecule has 112 valence electrons. The zero-order valence-corrected chi connectivity index (χ0v) is 13.3. The van der Waals surface area contributed by atoms with E-state index in [2.05, 4.69) is 61.7 Å². The molecule has 3 heteroatoms. The van der Waals surface area contributed by atoms with E-state index in [9.17, 15) is 5.11 Å². The Bertz CT molecular complexity index is 427. The van der Waals surface area contributed by atoms with Gasteiger partial charge in [0, 0.05) is 26.2 Å². The molecule has 0 saturated heterocycles. The van der Waals surface area contributed by atoms with Gasteiger partial charge in [-0.3, -0.25) is 4.90 Å². The van der Waals surface area contributed by atoms with E-state index in [-0.39, 0.29) is 0 Å². The minimum Gasteiger partial charge on any atom is -0.385 e. The van der Waals surface area contributed by atoms with Gasteiger partial charge in [-0.15, -0.1) is 6.58 Å². The van der Waals surface area contributed by atoms with E-state index in [0.29, 0.717) is 6.54 Å². The average Bonchev–Trinajstić information content (AvgIpc) is 2.38. The van der Waals surface area contributed by atoms with Crippen LogP contribution in [-0.2, 0) is 6.54 Å². The second kappa shape index (κ2) is 7.58. The van der Waals surface area contributed by atoms with Gasteiger partial charge >= 0.3 is 0 Å². The molecule has 1 N–H and O–H groups in total. The predicted octanol–water partition coefficient (Wildman–Crippen LogP) is 2.30. The topological polar surface area (TPSA) is 26.7 Å². The van der Waals surface area contributed by atoms with Crippen molar-refractivity contribution < 1.29 is 5.11 Å². The molecule has 0 heterocycles. The Kier molecular flexibility index (Phi) is 6.40. The van der Waals surface area contributed by atoms with Crippen LogP contribution in [0.25, 0.3) is 0 Å². The summed E-state index contributed by atoms with van der Waals surface area (Å²) in [6.45, 7) is 11.0. The highest BCUT2D eigenvalue weighted by atomic mass is 16.3. The molecule has 0 unspecified atom stereocenters. The summed E-state index contributed by atoms with van der Waals surface area (Å²) in [6, 6.07) is 8.41. The van der Waals surface area contributed by atoms with Gasteiger partial charge in [0.2, 0.25) is 0 Å². The lowest BCUT2D eigenvalue weighted by Gasteiger charge is -2.30. The molecule has 1 rings (SSSR count). The number of likely N-dealkylation sites (N-methyl/N-ethyl adjacent to an activating group) is 1. The Morgan fingerprint density at radius 3 is 2.45 bits per heavy atom. The molecule has 0 amide bonds. The molecular weight excluding hydrogens is 248 g/mol. The number of nitrogens with zero attached hydrogens (tertiary/aromatic N) is 2. The summed E-state index contributed by atoms with van der Waals surface area (Å²) >= 11 is 0. The van der Waals surface area contributed by atoms with Crippen LogP contribution in [0.1, 0.15) is 18.1 Å². The van der Waals surface area contributed by atoms with Gasteiger partial charge in [-0.25, -0.2) is 0 Å². The molecule has 3 nitrogen and oxygen atoms in total. The van der Waals surface area contributed by atoms with Crippen LogP contribution in [0.3, 0.4) is 0 Å². The third-order valence-corrected chi connectivity index (χ3v) is 3.50. The minimum absolute atomic E-state index is 0.596. The fourth-order valence-electron chi connectivity index (χ4n) is 2.10. The second-order valence-corrected chi connectivity index (χ2v) is 6.00. The van der Waals surface area contributed by atoms with Crippen molar-refractivity contribution in [1.29, 1.82) is 0 Å². The van der Waals surface area contributed by atoms with Crippen LogP contribution in [0.4, 0.5) is 0 Å². The van der Waals surface area contributed by atoms with Crippen molar-refractivity contribution >= 4 is 0 Å². The van der Waals surface area contributed by atoms with Gasteiger partial charge in [-0.2, -0.15) is 0 Å². The summed E-state index contributed by atoms with van der Waals surface area (Å²) < 4.78 is 0. The van der Waals surface area contributed by atoms with Gasteiger partial charge in [-0.1, -0.05) is 30.3 Å². The zero-order valence-electron chi connectivity index (χ0n) is 13.3. The molecule has 0 bridgehead atoms. The maximum Gasteiger partial charge on any atom is 0.0923 e. The summed E-state index contributed by atoms with van der Waals surface area (Å²) in [7, 11) is 4.13. The second-order valence-electron chi connectivity index (χ2n) is 6.00. The molecule has 1 aromatic rings. The molecule has 0 radical (unpaired) electrons. The molecule has 0 aromatic heterocycles. The van der Waals surface area contributed by atoms with Gasteiger partial charge in [0.25, 0.3) is 0 Å². The van der Waals surface area contributed by atoms with Gasteiger partial charge in [-0.05, 0) is 39.1 Å². The Morgan fingerprint density at radius 2 is 1.90 bits per heavy atom. The standard InChI is InChI=1S/C17H28N2O/c1-6-17(3,20)14-19(12-11-18(4)5)13-16-10-8-7-9-15(16)2/h6-10,20H,1,11-14H2,2-5H3/t17-/m1/s1. The number of rotatable bonds is 8. The molecule has 1 atom stereocenters. The van der Waals surface area contributed by atoms with Gasteiger partial charge < -0.3 is 10.0 Å². The first-order valence-corrected chi connectivity index (χ1v) is 7.11. The van der Waals surface area contributed by atoms with Crippen LogP contribution in [0.15, 0.2) is 36.9 Å². The summed E-state index contributed by atoms with van der Waals surface area (Å²) in [5, 5.41) is 10.2.